The van der Waals surface area contributed by atoms with E-state index >= 15 is 0 Å². The number of aromatic nitrogens is 1. The molecule has 33 heavy (non-hydrogen) atoms. The monoisotopic (exact) mass is 453 g/mol. The highest BCUT2D eigenvalue weighted by Gasteiger charge is 2.19. The third-order valence-electron chi connectivity index (χ3n) is 5.02. The molecule has 3 aromatic rings. The molecule has 0 aliphatic carbocycles. The van der Waals surface area contributed by atoms with Gasteiger partial charge in [0, 0.05) is 6.54 Å². The molecule has 9 heteroatoms. The molecule has 0 unspecified atom stereocenters. The summed E-state index contributed by atoms with van der Waals surface area (Å²) in [7, 11) is 0. The van der Waals surface area contributed by atoms with Gasteiger partial charge in [-0.2, -0.15) is 0 Å². The summed E-state index contributed by atoms with van der Waals surface area (Å²) >= 11 is 0. The van der Waals surface area contributed by atoms with Crippen molar-refractivity contribution < 1.29 is 28.4 Å². The molecule has 1 heterocycles. The Bertz CT molecular complexity index is 1130. The van der Waals surface area contributed by atoms with Crippen molar-refractivity contribution in [2.45, 2.75) is 40.2 Å². The first-order valence-electron chi connectivity index (χ1n) is 10.7. The van der Waals surface area contributed by atoms with E-state index in [1.165, 1.54) is 0 Å². The second-order valence-corrected chi connectivity index (χ2v) is 7.52. The summed E-state index contributed by atoms with van der Waals surface area (Å²) in [6, 6.07) is 10.3. The summed E-state index contributed by atoms with van der Waals surface area (Å²) < 4.78 is 16.2. The van der Waals surface area contributed by atoms with Crippen LogP contribution >= 0.6 is 0 Å². The number of aryl methyl sites for hydroxylation is 2. The summed E-state index contributed by atoms with van der Waals surface area (Å²) in [6.45, 7) is 5.59. The fourth-order valence-electron chi connectivity index (χ4n) is 3.15. The highest BCUT2D eigenvalue weighted by molar-refractivity contribution is 6.00. The van der Waals surface area contributed by atoms with Gasteiger partial charge in [0.25, 0.3) is 5.91 Å². The van der Waals surface area contributed by atoms with E-state index in [4.69, 9.17) is 14.0 Å². The fourth-order valence-corrected chi connectivity index (χ4v) is 3.15. The summed E-state index contributed by atoms with van der Waals surface area (Å²) in [5.41, 5.74) is 1.66. The van der Waals surface area contributed by atoms with Gasteiger partial charge in [0.15, 0.2) is 6.61 Å². The van der Waals surface area contributed by atoms with Crippen molar-refractivity contribution in [3.8, 4) is 5.75 Å². The second-order valence-electron chi connectivity index (χ2n) is 7.52. The number of amides is 3. The molecule has 0 saturated carbocycles. The van der Waals surface area contributed by atoms with Gasteiger partial charge >= 0.3 is 12.0 Å². The average molecular weight is 453 g/mol. The Morgan fingerprint density at radius 3 is 2.48 bits per heavy atom. The molecule has 0 spiro atoms. The van der Waals surface area contributed by atoms with Crippen LogP contribution in [0.1, 0.15) is 47.1 Å². The van der Waals surface area contributed by atoms with Crippen LogP contribution in [0.2, 0.25) is 0 Å². The number of esters is 1. The van der Waals surface area contributed by atoms with Gasteiger partial charge in [-0.05, 0) is 43.2 Å². The van der Waals surface area contributed by atoms with Crippen LogP contribution in [0.25, 0.3) is 10.8 Å². The summed E-state index contributed by atoms with van der Waals surface area (Å²) in [5, 5.41) is 10.3. The highest BCUT2D eigenvalue weighted by atomic mass is 16.5. The van der Waals surface area contributed by atoms with E-state index < -0.39 is 24.5 Å². The Balaban J connectivity index is 1.71. The van der Waals surface area contributed by atoms with E-state index in [0.29, 0.717) is 23.7 Å². The minimum Gasteiger partial charge on any atom is -0.488 e. The van der Waals surface area contributed by atoms with E-state index in [1.807, 2.05) is 38.1 Å². The first-order valence-corrected chi connectivity index (χ1v) is 10.7. The van der Waals surface area contributed by atoms with Crippen molar-refractivity contribution >= 4 is 28.7 Å². The number of ether oxygens (including phenoxy) is 2. The molecule has 0 atom stereocenters. The normalized spacial score (nSPS) is 10.6. The lowest BCUT2D eigenvalue weighted by atomic mass is 10.1. The zero-order chi connectivity index (χ0) is 23.8. The van der Waals surface area contributed by atoms with Crippen molar-refractivity contribution in [2.24, 2.45) is 0 Å². The standard InChI is InChI=1S/C24H27N3O6/c1-4-5-10-25-24(30)26-22(28)14-32-23(29)19-11-17-8-6-7-9-18(17)12-21(19)31-13-20-15(2)27-33-16(20)3/h6-9,11-12H,4-5,10,13-14H2,1-3H3,(H2,25,26,28,30). The summed E-state index contributed by atoms with van der Waals surface area (Å²) in [5.74, 6) is -0.532. The van der Waals surface area contributed by atoms with Crippen LogP contribution in [0.5, 0.6) is 5.75 Å². The largest absolute Gasteiger partial charge is 0.488 e. The lowest BCUT2D eigenvalue weighted by Gasteiger charge is -2.13. The molecule has 9 nitrogen and oxygen atoms in total. The number of rotatable bonds is 9. The zero-order valence-corrected chi connectivity index (χ0v) is 18.9. The molecular formula is C24H27N3O6. The molecule has 0 radical (unpaired) electrons. The van der Waals surface area contributed by atoms with Gasteiger partial charge in [-0.1, -0.05) is 42.8 Å². The van der Waals surface area contributed by atoms with Crippen LogP contribution in [0.15, 0.2) is 40.9 Å². The number of nitrogens with zero attached hydrogens (tertiary/aromatic N) is 1. The van der Waals surface area contributed by atoms with Crippen molar-refractivity contribution in [1.29, 1.82) is 0 Å². The number of fused-ring (bicyclic) bond motifs is 1. The van der Waals surface area contributed by atoms with Crippen molar-refractivity contribution in [3.05, 3.63) is 59.0 Å². The predicted octanol–water partition coefficient (Wildman–Crippen LogP) is 3.81. The van der Waals surface area contributed by atoms with E-state index in [-0.39, 0.29) is 12.2 Å². The number of unbranched alkanes of at least 4 members (excludes halogenated alkanes) is 1. The van der Waals surface area contributed by atoms with Gasteiger partial charge < -0.3 is 19.3 Å². The number of hydrogen-bond donors (Lipinski definition) is 2. The molecule has 0 aliphatic heterocycles. The lowest BCUT2D eigenvalue weighted by molar-refractivity contribution is -0.123. The van der Waals surface area contributed by atoms with Gasteiger partial charge in [-0.25, -0.2) is 9.59 Å². The Morgan fingerprint density at radius 1 is 1.09 bits per heavy atom. The maximum absolute atomic E-state index is 12.8. The molecule has 0 aliphatic rings. The first-order chi connectivity index (χ1) is 15.9. The quantitative estimate of drug-likeness (QED) is 0.373. The third-order valence-corrected chi connectivity index (χ3v) is 5.02. The van der Waals surface area contributed by atoms with Crippen LogP contribution in [-0.2, 0) is 16.1 Å². The Hall–Kier alpha value is -3.88. The van der Waals surface area contributed by atoms with Crippen molar-refractivity contribution in [2.75, 3.05) is 13.2 Å². The Morgan fingerprint density at radius 2 is 1.82 bits per heavy atom. The molecule has 2 aromatic carbocycles. The minimum atomic E-state index is -0.740. The smallest absolute Gasteiger partial charge is 0.342 e. The molecule has 0 bridgehead atoms. The fraction of sp³-hybridized carbons (Fsp3) is 0.333. The number of hydrogen-bond acceptors (Lipinski definition) is 7. The van der Waals surface area contributed by atoms with Crippen LogP contribution in [0.4, 0.5) is 4.79 Å². The second kappa shape index (κ2) is 11.1. The average Bonchev–Trinajstić information content (AvgIpc) is 3.12. The summed E-state index contributed by atoms with van der Waals surface area (Å²) in [4.78, 5) is 36.4. The number of benzene rings is 2. The number of nitrogens with one attached hydrogen (secondary N) is 2. The molecule has 3 amide bonds. The minimum absolute atomic E-state index is 0.151. The van der Waals surface area contributed by atoms with Gasteiger partial charge in [0.05, 0.1) is 11.3 Å². The van der Waals surface area contributed by atoms with E-state index in [0.717, 1.165) is 29.2 Å². The van der Waals surface area contributed by atoms with Gasteiger partial charge in [0.2, 0.25) is 0 Å². The number of carbonyl (C=O) groups excluding carboxylic acids is 3. The highest BCUT2D eigenvalue weighted by Crippen LogP contribution is 2.28. The van der Waals surface area contributed by atoms with Gasteiger partial charge in [-0.15, -0.1) is 0 Å². The van der Waals surface area contributed by atoms with Gasteiger partial charge in [-0.3, -0.25) is 10.1 Å². The topological polar surface area (TPSA) is 120 Å². The molecule has 1 aromatic heterocycles. The van der Waals surface area contributed by atoms with Crippen molar-refractivity contribution in [3.63, 3.8) is 0 Å². The first kappa shape index (κ1) is 23.8. The molecule has 0 fully saturated rings. The molecule has 2 N–H and O–H groups in total. The van der Waals surface area contributed by atoms with Gasteiger partial charge in [0.1, 0.15) is 23.7 Å². The maximum atomic E-state index is 12.8. The molecular weight excluding hydrogens is 426 g/mol. The number of imide groups is 1. The van der Waals surface area contributed by atoms with Crippen LogP contribution in [0, 0.1) is 13.8 Å². The van der Waals surface area contributed by atoms with E-state index in [9.17, 15) is 14.4 Å². The van der Waals surface area contributed by atoms with Crippen LogP contribution in [0.3, 0.4) is 0 Å². The summed E-state index contributed by atoms with van der Waals surface area (Å²) in [6.07, 6.45) is 1.72. The van der Waals surface area contributed by atoms with Crippen LogP contribution < -0.4 is 15.4 Å². The molecule has 174 valence electrons. The number of urea groups is 1. The Kier molecular flexibility index (Phi) is 8.01. The van der Waals surface area contributed by atoms with E-state index in [2.05, 4.69) is 15.8 Å². The lowest BCUT2D eigenvalue weighted by Crippen LogP contribution is -2.41. The zero-order valence-electron chi connectivity index (χ0n) is 18.9. The number of carbonyl (C=O) groups is 3. The maximum Gasteiger partial charge on any atom is 0.342 e. The van der Waals surface area contributed by atoms with E-state index in [1.54, 1.807) is 19.1 Å². The third kappa shape index (κ3) is 6.31. The van der Waals surface area contributed by atoms with Crippen LogP contribution in [-0.4, -0.2) is 36.2 Å². The molecule has 0 saturated heterocycles. The Labute approximate surface area is 191 Å². The SMILES string of the molecule is CCCCNC(=O)NC(=O)COC(=O)c1cc2ccccc2cc1OCc1c(C)noc1C. The molecule has 3 rings (SSSR count). The van der Waals surface area contributed by atoms with Crippen molar-refractivity contribution in [1.82, 2.24) is 15.8 Å². The predicted molar refractivity (Wildman–Crippen MR) is 121 cm³/mol.